The number of aromatic nitrogens is 4. The van der Waals surface area contributed by atoms with Gasteiger partial charge in [0, 0.05) is 6.07 Å². The molecule has 0 aliphatic heterocycles. The highest BCUT2D eigenvalue weighted by Crippen LogP contribution is 2.27. The molecule has 0 saturated carbocycles. The van der Waals surface area contributed by atoms with Crippen LogP contribution < -0.4 is 5.56 Å². The third-order valence-electron chi connectivity index (χ3n) is 1.68. The molecule has 2 aromatic rings. The van der Waals surface area contributed by atoms with Crippen LogP contribution in [0, 0.1) is 0 Å². The summed E-state index contributed by atoms with van der Waals surface area (Å²) in [6, 6.07) is 3.00. The van der Waals surface area contributed by atoms with Crippen molar-refractivity contribution in [3.05, 3.63) is 27.5 Å². The number of hydrogen-bond acceptors (Lipinski definition) is 5. The van der Waals surface area contributed by atoms with Crippen molar-refractivity contribution < 1.29 is 0 Å². The van der Waals surface area contributed by atoms with Gasteiger partial charge in [0.1, 0.15) is 10.7 Å². The Balaban J connectivity index is 2.37. The fourth-order valence-corrected chi connectivity index (χ4v) is 1.88. The van der Waals surface area contributed by atoms with E-state index < -0.39 is 0 Å². The van der Waals surface area contributed by atoms with Gasteiger partial charge in [0.05, 0.1) is 5.38 Å². The summed E-state index contributed by atoms with van der Waals surface area (Å²) >= 11 is 7.22. The highest BCUT2D eigenvalue weighted by molar-refractivity contribution is 7.14. The number of H-pyrrole nitrogens is 1. The SMILES string of the molecule is CC(Cl)c1nnc(-c2ccc(=O)[nH]n2)s1. The Hall–Kier alpha value is -1.27. The molecule has 0 spiro atoms. The summed E-state index contributed by atoms with van der Waals surface area (Å²) in [5.74, 6) is 0. The van der Waals surface area contributed by atoms with E-state index in [4.69, 9.17) is 11.6 Å². The van der Waals surface area contributed by atoms with Crippen molar-refractivity contribution in [2.45, 2.75) is 12.3 Å². The maximum absolute atomic E-state index is 10.8. The van der Waals surface area contributed by atoms with E-state index in [1.807, 2.05) is 6.92 Å². The van der Waals surface area contributed by atoms with Crippen LogP contribution in [0.1, 0.15) is 17.3 Å². The topological polar surface area (TPSA) is 71.5 Å². The average Bonchev–Trinajstić information content (AvgIpc) is 2.68. The van der Waals surface area contributed by atoms with Gasteiger partial charge in [-0.1, -0.05) is 11.3 Å². The Morgan fingerprint density at radius 3 is 2.80 bits per heavy atom. The van der Waals surface area contributed by atoms with Crippen molar-refractivity contribution in [1.82, 2.24) is 20.4 Å². The first-order chi connectivity index (χ1) is 7.16. The van der Waals surface area contributed by atoms with E-state index in [2.05, 4.69) is 20.4 Å². The van der Waals surface area contributed by atoms with Gasteiger partial charge < -0.3 is 0 Å². The number of aromatic amines is 1. The van der Waals surface area contributed by atoms with E-state index in [1.165, 1.54) is 17.4 Å². The van der Waals surface area contributed by atoms with Crippen LogP contribution in [0.5, 0.6) is 0 Å². The Kier molecular flexibility index (Phi) is 2.79. The van der Waals surface area contributed by atoms with Gasteiger partial charge >= 0.3 is 0 Å². The van der Waals surface area contributed by atoms with Gasteiger partial charge in [0.15, 0.2) is 5.01 Å². The standard InChI is InChI=1S/C8H7ClN4OS/c1-4(9)7-12-13-8(15-7)5-2-3-6(14)11-10-5/h2-4H,1H3,(H,11,14). The highest BCUT2D eigenvalue weighted by atomic mass is 35.5. The van der Waals surface area contributed by atoms with Crippen molar-refractivity contribution in [3.63, 3.8) is 0 Å². The molecule has 78 valence electrons. The smallest absolute Gasteiger partial charge is 0.264 e. The molecule has 2 rings (SSSR count). The summed E-state index contributed by atoms with van der Waals surface area (Å²) in [7, 11) is 0. The zero-order chi connectivity index (χ0) is 10.8. The molecular weight excluding hydrogens is 236 g/mol. The first-order valence-corrected chi connectivity index (χ1v) is 5.45. The minimum Gasteiger partial charge on any atom is -0.268 e. The van der Waals surface area contributed by atoms with Gasteiger partial charge in [0.25, 0.3) is 5.56 Å². The summed E-state index contributed by atoms with van der Waals surface area (Å²) in [6.45, 7) is 1.83. The predicted molar refractivity (Wildman–Crippen MR) is 58.0 cm³/mol. The molecule has 7 heteroatoms. The lowest BCUT2D eigenvalue weighted by atomic mass is 10.4. The van der Waals surface area contributed by atoms with E-state index in [0.29, 0.717) is 10.7 Å². The van der Waals surface area contributed by atoms with Crippen LogP contribution >= 0.6 is 22.9 Å². The lowest BCUT2D eigenvalue weighted by molar-refractivity contribution is 0.949. The van der Waals surface area contributed by atoms with E-state index in [1.54, 1.807) is 6.07 Å². The predicted octanol–water partition coefficient (Wildman–Crippen LogP) is 1.59. The molecule has 0 amide bonds. The van der Waals surface area contributed by atoms with Crippen LogP contribution in [0.4, 0.5) is 0 Å². The summed E-state index contributed by atoms with van der Waals surface area (Å²) in [6.07, 6.45) is 0. The minimum atomic E-state index is -0.241. The van der Waals surface area contributed by atoms with Crippen molar-refractivity contribution in [3.8, 4) is 10.7 Å². The molecule has 1 atom stereocenters. The molecule has 2 aromatic heterocycles. The number of halogens is 1. The van der Waals surface area contributed by atoms with Crippen LogP contribution in [0.15, 0.2) is 16.9 Å². The number of alkyl halides is 1. The van der Waals surface area contributed by atoms with Gasteiger partial charge in [0.2, 0.25) is 0 Å². The molecule has 2 heterocycles. The third-order valence-corrected chi connectivity index (χ3v) is 3.14. The van der Waals surface area contributed by atoms with Crippen molar-refractivity contribution in [2.24, 2.45) is 0 Å². The quantitative estimate of drug-likeness (QED) is 0.812. The number of nitrogens with zero attached hydrogens (tertiary/aromatic N) is 3. The molecule has 0 saturated heterocycles. The molecule has 1 N–H and O–H groups in total. The molecule has 1 unspecified atom stereocenters. The Bertz CT molecular complexity index is 501. The number of nitrogens with one attached hydrogen (secondary N) is 1. The Morgan fingerprint density at radius 2 is 2.27 bits per heavy atom. The van der Waals surface area contributed by atoms with E-state index >= 15 is 0 Å². The van der Waals surface area contributed by atoms with E-state index in [0.717, 1.165) is 5.01 Å². The van der Waals surface area contributed by atoms with Crippen LogP contribution in [-0.4, -0.2) is 20.4 Å². The van der Waals surface area contributed by atoms with E-state index in [-0.39, 0.29) is 10.9 Å². The third kappa shape index (κ3) is 2.21. The summed E-state index contributed by atoms with van der Waals surface area (Å²) in [5.41, 5.74) is 0.352. The van der Waals surface area contributed by atoms with Gasteiger partial charge in [-0.2, -0.15) is 5.10 Å². The molecule has 0 aromatic carbocycles. The number of hydrogen-bond donors (Lipinski definition) is 1. The maximum atomic E-state index is 10.8. The van der Waals surface area contributed by atoms with Crippen LogP contribution in [0.3, 0.4) is 0 Å². The molecule has 0 aliphatic carbocycles. The van der Waals surface area contributed by atoms with Crippen molar-refractivity contribution in [2.75, 3.05) is 0 Å². The van der Waals surface area contributed by atoms with Crippen LogP contribution in [-0.2, 0) is 0 Å². The molecule has 0 radical (unpaired) electrons. The van der Waals surface area contributed by atoms with Crippen molar-refractivity contribution in [1.29, 1.82) is 0 Å². The zero-order valence-corrected chi connectivity index (χ0v) is 9.34. The van der Waals surface area contributed by atoms with Crippen LogP contribution in [0.2, 0.25) is 0 Å². The molecule has 0 bridgehead atoms. The maximum Gasteiger partial charge on any atom is 0.264 e. The highest BCUT2D eigenvalue weighted by Gasteiger charge is 2.11. The lowest BCUT2D eigenvalue weighted by Gasteiger charge is -1.92. The largest absolute Gasteiger partial charge is 0.268 e. The number of rotatable bonds is 2. The Labute approximate surface area is 94.1 Å². The minimum absolute atomic E-state index is 0.168. The molecule has 0 aliphatic rings. The second-order valence-electron chi connectivity index (χ2n) is 2.87. The summed E-state index contributed by atoms with van der Waals surface area (Å²) in [4.78, 5) is 10.8. The first-order valence-electron chi connectivity index (χ1n) is 4.20. The second-order valence-corrected chi connectivity index (χ2v) is 4.53. The molecule has 0 fully saturated rings. The Morgan fingerprint density at radius 1 is 1.47 bits per heavy atom. The zero-order valence-electron chi connectivity index (χ0n) is 7.77. The molecule has 5 nitrogen and oxygen atoms in total. The summed E-state index contributed by atoms with van der Waals surface area (Å²) < 4.78 is 0. The fourth-order valence-electron chi connectivity index (χ4n) is 0.962. The van der Waals surface area contributed by atoms with Gasteiger partial charge in [-0.25, -0.2) is 5.10 Å². The van der Waals surface area contributed by atoms with Gasteiger partial charge in [-0.15, -0.1) is 21.8 Å². The van der Waals surface area contributed by atoms with Crippen LogP contribution in [0.25, 0.3) is 10.7 Å². The van der Waals surface area contributed by atoms with Crippen molar-refractivity contribution >= 4 is 22.9 Å². The molecule has 15 heavy (non-hydrogen) atoms. The monoisotopic (exact) mass is 242 g/mol. The first kappa shape index (κ1) is 10.3. The lowest BCUT2D eigenvalue weighted by Crippen LogP contribution is -2.05. The fraction of sp³-hybridized carbons (Fsp3) is 0.250. The van der Waals surface area contributed by atoms with Gasteiger partial charge in [-0.05, 0) is 13.0 Å². The average molecular weight is 243 g/mol. The van der Waals surface area contributed by atoms with E-state index in [9.17, 15) is 4.79 Å². The summed E-state index contributed by atoms with van der Waals surface area (Å²) in [5, 5.41) is 15.3. The molecular formula is C8H7ClN4OS. The van der Waals surface area contributed by atoms with Gasteiger partial charge in [-0.3, -0.25) is 4.79 Å². The normalized spacial score (nSPS) is 12.7. The second kappa shape index (κ2) is 4.08.